The molecule has 1 aromatic carbocycles. The van der Waals surface area contributed by atoms with Crippen LogP contribution >= 0.6 is 0 Å². The van der Waals surface area contributed by atoms with E-state index in [1.807, 2.05) is 6.92 Å². The van der Waals surface area contributed by atoms with Gasteiger partial charge in [-0.3, -0.25) is 9.78 Å². The van der Waals surface area contributed by atoms with E-state index >= 15 is 0 Å². The van der Waals surface area contributed by atoms with E-state index < -0.39 is 23.4 Å². The lowest BCUT2D eigenvalue weighted by Gasteiger charge is -2.33. The summed E-state index contributed by atoms with van der Waals surface area (Å²) in [6.45, 7) is 9.46. The van der Waals surface area contributed by atoms with Crippen molar-refractivity contribution in [2.75, 3.05) is 0 Å². The predicted molar refractivity (Wildman–Crippen MR) is 114 cm³/mol. The van der Waals surface area contributed by atoms with Crippen molar-refractivity contribution in [3.05, 3.63) is 59.0 Å². The van der Waals surface area contributed by atoms with Crippen LogP contribution in [-0.4, -0.2) is 21.0 Å². The van der Waals surface area contributed by atoms with Crippen LogP contribution in [0.2, 0.25) is 0 Å². The van der Waals surface area contributed by atoms with Crippen molar-refractivity contribution in [1.29, 1.82) is 0 Å². The minimum Gasteiger partial charge on any atom is -0.481 e. The zero-order valence-corrected chi connectivity index (χ0v) is 17.5. The second kappa shape index (κ2) is 8.30. The zero-order chi connectivity index (χ0) is 23.0. The van der Waals surface area contributed by atoms with Gasteiger partial charge in [0.05, 0.1) is 23.5 Å². The zero-order valence-electron chi connectivity index (χ0n) is 17.5. The highest BCUT2D eigenvalue weighted by atomic mass is 19.1. The van der Waals surface area contributed by atoms with Crippen molar-refractivity contribution < 1.29 is 23.1 Å². The van der Waals surface area contributed by atoms with Gasteiger partial charge in [0.15, 0.2) is 0 Å². The first-order valence-electron chi connectivity index (χ1n) is 10.5. The molecule has 32 heavy (non-hydrogen) atoms. The van der Waals surface area contributed by atoms with Crippen LogP contribution in [0.15, 0.2) is 24.4 Å². The summed E-state index contributed by atoms with van der Waals surface area (Å²) in [6, 6.07) is 2.95. The van der Waals surface area contributed by atoms with Crippen molar-refractivity contribution >= 4 is 22.6 Å². The number of aromatic amines is 1. The van der Waals surface area contributed by atoms with Crippen LogP contribution in [0.1, 0.15) is 44.7 Å². The normalized spacial score (nSPS) is 16.2. The lowest BCUT2D eigenvalue weighted by Crippen LogP contribution is -2.29. The number of carbonyl (C=O) groups is 1. The van der Waals surface area contributed by atoms with Crippen molar-refractivity contribution in [3.8, 4) is 11.3 Å². The first-order chi connectivity index (χ1) is 15.2. The Kier molecular flexibility index (Phi) is 5.68. The summed E-state index contributed by atoms with van der Waals surface area (Å²) in [4.78, 5) is 22.0. The molecule has 8 heteroatoms. The standard InChI is InChI=1S/C24H22F3N3O2/c1-24(5-3-4-6-24)13(8-21(31)32)7-19-17(26)11-20(28-2)23(30-19)16-12-29-22-15(16)9-14(25)10-18(22)27/h9-13,29H,3-8H2,1H3,(H,31,32). The molecule has 2 N–H and O–H groups in total. The first kappa shape index (κ1) is 21.9. The fourth-order valence-corrected chi connectivity index (χ4v) is 4.89. The lowest BCUT2D eigenvalue weighted by molar-refractivity contribution is -0.139. The van der Waals surface area contributed by atoms with Gasteiger partial charge in [-0.05, 0) is 42.7 Å². The Hall–Kier alpha value is -3.34. The molecule has 1 aliphatic rings. The quantitative estimate of drug-likeness (QED) is 0.434. The van der Waals surface area contributed by atoms with Crippen molar-refractivity contribution in [2.24, 2.45) is 11.3 Å². The molecular weight excluding hydrogens is 419 g/mol. The number of carboxylic acids is 1. The second-order valence-electron chi connectivity index (χ2n) is 8.77. The maximum Gasteiger partial charge on any atom is 0.303 e. The molecule has 1 atom stereocenters. The molecule has 0 aliphatic heterocycles. The highest BCUT2D eigenvalue weighted by Gasteiger charge is 2.38. The number of hydrogen-bond acceptors (Lipinski definition) is 2. The van der Waals surface area contributed by atoms with Gasteiger partial charge in [0, 0.05) is 29.6 Å². The van der Waals surface area contributed by atoms with E-state index in [9.17, 15) is 23.1 Å². The minimum atomic E-state index is -0.955. The molecule has 1 unspecified atom stereocenters. The number of aromatic nitrogens is 2. The minimum absolute atomic E-state index is 0.0537. The van der Waals surface area contributed by atoms with Gasteiger partial charge in [0.1, 0.15) is 17.5 Å². The molecule has 2 aromatic heterocycles. The summed E-state index contributed by atoms with van der Waals surface area (Å²) in [6.07, 6.45) is 5.12. The Bertz CT molecular complexity index is 1240. The summed E-state index contributed by atoms with van der Waals surface area (Å²) in [5, 5.41) is 9.63. The first-order valence-corrected chi connectivity index (χ1v) is 10.5. The predicted octanol–water partition coefficient (Wildman–Crippen LogP) is 6.41. The number of H-pyrrole nitrogens is 1. The number of benzene rings is 1. The van der Waals surface area contributed by atoms with Gasteiger partial charge in [-0.25, -0.2) is 18.0 Å². The Morgan fingerprint density at radius 3 is 2.62 bits per heavy atom. The van der Waals surface area contributed by atoms with Crippen LogP contribution in [0, 0.1) is 35.4 Å². The maximum absolute atomic E-state index is 14.9. The maximum atomic E-state index is 14.9. The smallest absolute Gasteiger partial charge is 0.303 e. The van der Waals surface area contributed by atoms with Gasteiger partial charge in [-0.2, -0.15) is 0 Å². The molecule has 166 valence electrons. The molecule has 0 amide bonds. The Balaban J connectivity index is 1.81. The van der Waals surface area contributed by atoms with Gasteiger partial charge in [0.2, 0.25) is 5.69 Å². The van der Waals surface area contributed by atoms with E-state index in [1.165, 1.54) is 6.20 Å². The SMILES string of the molecule is [C-]#[N+]c1cc(F)c(CC(CC(=O)O)C2(C)CCCC2)nc1-c1c[nH]c2c(F)cc(F)cc12. The number of rotatable bonds is 6. The summed E-state index contributed by atoms with van der Waals surface area (Å²) < 4.78 is 42.9. The van der Waals surface area contributed by atoms with Crippen LogP contribution in [0.5, 0.6) is 0 Å². The molecular formula is C24H22F3N3O2. The molecule has 2 heterocycles. The molecule has 3 aromatic rings. The lowest BCUT2D eigenvalue weighted by atomic mass is 9.72. The van der Waals surface area contributed by atoms with E-state index in [4.69, 9.17) is 6.57 Å². The van der Waals surface area contributed by atoms with Crippen molar-refractivity contribution in [1.82, 2.24) is 9.97 Å². The van der Waals surface area contributed by atoms with Crippen molar-refractivity contribution in [3.63, 3.8) is 0 Å². The summed E-state index contributed by atoms with van der Waals surface area (Å²) in [7, 11) is 0. The van der Waals surface area contributed by atoms with E-state index in [1.54, 1.807) is 0 Å². The van der Waals surface area contributed by atoms with E-state index in [0.29, 0.717) is 0 Å². The van der Waals surface area contributed by atoms with Crippen molar-refractivity contribution in [2.45, 2.75) is 45.4 Å². The number of halogens is 3. The molecule has 1 aliphatic carbocycles. The van der Waals surface area contributed by atoms with E-state index in [2.05, 4.69) is 14.8 Å². The molecule has 0 spiro atoms. The topological polar surface area (TPSA) is 70.3 Å². The van der Waals surface area contributed by atoms with Crippen LogP contribution in [0.4, 0.5) is 18.9 Å². The van der Waals surface area contributed by atoms with Gasteiger partial charge >= 0.3 is 5.97 Å². The third-order valence-corrected chi connectivity index (χ3v) is 6.70. The number of nitrogens with one attached hydrogen (secondary N) is 1. The summed E-state index contributed by atoms with van der Waals surface area (Å²) in [5.74, 6) is -3.53. The Morgan fingerprint density at radius 1 is 1.25 bits per heavy atom. The van der Waals surface area contributed by atoms with Gasteiger partial charge < -0.3 is 10.1 Å². The monoisotopic (exact) mass is 441 g/mol. The molecule has 0 bridgehead atoms. The van der Waals surface area contributed by atoms with Crippen LogP contribution in [0.25, 0.3) is 27.0 Å². The van der Waals surface area contributed by atoms with E-state index in [-0.39, 0.29) is 57.7 Å². The summed E-state index contributed by atoms with van der Waals surface area (Å²) >= 11 is 0. The number of carboxylic acid groups (broad SMARTS) is 1. The average Bonchev–Trinajstić information content (AvgIpc) is 3.35. The molecule has 0 saturated heterocycles. The van der Waals surface area contributed by atoms with E-state index in [0.717, 1.165) is 43.9 Å². The van der Waals surface area contributed by atoms with Gasteiger partial charge in [-0.1, -0.05) is 19.8 Å². The third-order valence-electron chi connectivity index (χ3n) is 6.70. The fourth-order valence-electron chi connectivity index (χ4n) is 4.89. The number of nitrogens with zero attached hydrogens (tertiary/aromatic N) is 2. The Labute approximate surface area is 183 Å². The second-order valence-corrected chi connectivity index (χ2v) is 8.77. The van der Waals surface area contributed by atoms with Crippen LogP contribution < -0.4 is 0 Å². The van der Waals surface area contributed by atoms with Gasteiger partial charge in [0.25, 0.3) is 0 Å². The number of aliphatic carboxylic acids is 1. The number of pyridine rings is 1. The van der Waals surface area contributed by atoms with Crippen LogP contribution in [0.3, 0.4) is 0 Å². The molecule has 5 nitrogen and oxygen atoms in total. The molecule has 4 rings (SSSR count). The molecule has 1 fully saturated rings. The number of fused-ring (bicyclic) bond motifs is 1. The largest absolute Gasteiger partial charge is 0.481 e. The highest BCUT2D eigenvalue weighted by molar-refractivity contribution is 5.97. The average molecular weight is 441 g/mol. The number of hydrogen-bond donors (Lipinski definition) is 2. The Morgan fingerprint density at radius 2 is 1.97 bits per heavy atom. The van der Waals surface area contributed by atoms with Gasteiger partial charge in [-0.15, -0.1) is 0 Å². The fraction of sp³-hybridized carbons (Fsp3) is 0.375. The molecule has 0 radical (unpaired) electrons. The highest BCUT2D eigenvalue weighted by Crippen LogP contribution is 2.47. The summed E-state index contributed by atoms with van der Waals surface area (Å²) in [5.41, 5.74) is 0.188. The van der Waals surface area contributed by atoms with Crippen LogP contribution in [-0.2, 0) is 11.2 Å². The third kappa shape index (κ3) is 3.95. The molecule has 1 saturated carbocycles.